The highest BCUT2D eigenvalue weighted by Crippen LogP contribution is 2.48. The predicted octanol–water partition coefficient (Wildman–Crippen LogP) is 3.51. The molecule has 1 aliphatic carbocycles. The third-order valence-corrected chi connectivity index (χ3v) is 6.74. The van der Waals surface area contributed by atoms with Crippen molar-refractivity contribution in [1.82, 2.24) is 4.90 Å². The van der Waals surface area contributed by atoms with Crippen LogP contribution in [0.5, 0.6) is 0 Å². The van der Waals surface area contributed by atoms with E-state index >= 15 is 0 Å². The van der Waals surface area contributed by atoms with Gasteiger partial charge in [0.1, 0.15) is 0 Å². The molecule has 1 spiro atoms. The second-order valence-corrected chi connectivity index (χ2v) is 8.42. The molecule has 2 aliphatic heterocycles. The number of nitrogens with zero attached hydrogens (tertiary/aromatic N) is 2. The summed E-state index contributed by atoms with van der Waals surface area (Å²) in [7, 11) is 0. The maximum Gasteiger partial charge on any atom is 0.198 e. The summed E-state index contributed by atoms with van der Waals surface area (Å²) in [6, 6.07) is 10.3. The van der Waals surface area contributed by atoms with Crippen LogP contribution in [0.25, 0.3) is 0 Å². The third kappa shape index (κ3) is 4.30. The Morgan fingerprint density at radius 1 is 1.11 bits per heavy atom. The van der Waals surface area contributed by atoms with Crippen LogP contribution in [0.3, 0.4) is 0 Å². The summed E-state index contributed by atoms with van der Waals surface area (Å²) in [5.74, 6) is 1.24. The fraction of sp³-hybridized carbons (Fsp3) is 0.682. The highest BCUT2D eigenvalue weighted by Gasteiger charge is 2.48. The number of aliphatic hydroxyl groups excluding tert-OH is 1. The summed E-state index contributed by atoms with van der Waals surface area (Å²) >= 11 is 0. The summed E-state index contributed by atoms with van der Waals surface area (Å²) < 4.78 is 5.53. The van der Waals surface area contributed by atoms with Gasteiger partial charge in [-0.3, -0.25) is 4.99 Å². The highest BCUT2D eigenvalue weighted by atomic mass is 16.5. The topological polar surface area (TPSA) is 57.1 Å². The number of ether oxygens (including phenoxy) is 1. The van der Waals surface area contributed by atoms with Gasteiger partial charge in [0.15, 0.2) is 5.96 Å². The van der Waals surface area contributed by atoms with Crippen molar-refractivity contribution in [2.75, 3.05) is 38.2 Å². The van der Waals surface area contributed by atoms with Crippen molar-refractivity contribution >= 4 is 11.6 Å². The molecule has 1 saturated carbocycles. The monoisotopic (exact) mass is 371 g/mol. The van der Waals surface area contributed by atoms with Crippen LogP contribution in [0.4, 0.5) is 5.69 Å². The number of likely N-dealkylation sites (tertiary alicyclic amines) is 1. The smallest absolute Gasteiger partial charge is 0.198 e. The fourth-order valence-corrected chi connectivity index (χ4v) is 4.97. The molecule has 2 atom stereocenters. The van der Waals surface area contributed by atoms with E-state index in [0.717, 1.165) is 63.6 Å². The number of aliphatic hydroxyl groups is 1. The van der Waals surface area contributed by atoms with Crippen LogP contribution in [-0.4, -0.2) is 54.9 Å². The van der Waals surface area contributed by atoms with Crippen LogP contribution in [0, 0.1) is 11.3 Å². The van der Waals surface area contributed by atoms with Gasteiger partial charge < -0.3 is 20.1 Å². The molecule has 2 heterocycles. The van der Waals surface area contributed by atoms with Gasteiger partial charge in [0.2, 0.25) is 0 Å². The first-order valence-corrected chi connectivity index (χ1v) is 10.6. The number of para-hydroxylation sites is 1. The van der Waals surface area contributed by atoms with E-state index in [9.17, 15) is 5.11 Å². The van der Waals surface area contributed by atoms with Gasteiger partial charge in [0.05, 0.1) is 6.10 Å². The number of aliphatic imine (C=N–C) groups is 1. The molecule has 0 bridgehead atoms. The van der Waals surface area contributed by atoms with E-state index in [0.29, 0.717) is 6.54 Å². The van der Waals surface area contributed by atoms with E-state index in [-0.39, 0.29) is 17.4 Å². The Bertz CT molecular complexity index is 622. The second kappa shape index (κ2) is 8.61. The van der Waals surface area contributed by atoms with Crippen LogP contribution in [0.1, 0.15) is 44.9 Å². The molecule has 0 aromatic heterocycles. The average molecular weight is 372 g/mol. The number of hydrogen-bond donors (Lipinski definition) is 2. The minimum atomic E-state index is -0.246. The Labute approximate surface area is 162 Å². The number of piperidine rings is 1. The summed E-state index contributed by atoms with van der Waals surface area (Å²) in [4.78, 5) is 7.37. The minimum absolute atomic E-state index is 0.0799. The SMILES string of the molecule is OC1C(CN=C(Nc2ccccc2)N2CCCCC2)CCC12CCOCC2. The number of hydrogen-bond acceptors (Lipinski definition) is 3. The molecule has 5 nitrogen and oxygen atoms in total. The first-order valence-electron chi connectivity index (χ1n) is 10.6. The Balaban J connectivity index is 1.45. The van der Waals surface area contributed by atoms with Crippen molar-refractivity contribution in [3.8, 4) is 0 Å². The minimum Gasteiger partial charge on any atom is -0.392 e. The largest absolute Gasteiger partial charge is 0.392 e. The van der Waals surface area contributed by atoms with E-state index in [4.69, 9.17) is 9.73 Å². The molecule has 1 aromatic rings. The Kier molecular flexibility index (Phi) is 5.98. The van der Waals surface area contributed by atoms with E-state index in [1.807, 2.05) is 18.2 Å². The molecule has 2 unspecified atom stereocenters. The van der Waals surface area contributed by atoms with Gasteiger partial charge in [0, 0.05) is 49.9 Å². The molecule has 5 heteroatoms. The van der Waals surface area contributed by atoms with Gasteiger partial charge in [-0.2, -0.15) is 0 Å². The normalized spacial score (nSPS) is 28.5. The van der Waals surface area contributed by atoms with E-state index < -0.39 is 0 Å². The van der Waals surface area contributed by atoms with Crippen LogP contribution >= 0.6 is 0 Å². The lowest BCUT2D eigenvalue weighted by atomic mass is 9.76. The number of anilines is 1. The first kappa shape index (κ1) is 18.8. The van der Waals surface area contributed by atoms with Gasteiger partial charge >= 0.3 is 0 Å². The van der Waals surface area contributed by atoms with Crippen molar-refractivity contribution in [2.24, 2.45) is 16.3 Å². The average Bonchev–Trinajstić information content (AvgIpc) is 3.02. The predicted molar refractivity (Wildman–Crippen MR) is 109 cm³/mol. The molecule has 2 N–H and O–H groups in total. The maximum atomic E-state index is 11.0. The number of guanidine groups is 1. The van der Waals surface area contributed by atoms with Crippen molar-refractivity contribution < 1.29 is 9.84 Å². The van der Waals surface area contributed by atoms with Crippen molar-refractivity contribution in [3.63, 3.8) is 0 Å². The maximum absolute atomic E-state index is 11.0. The van der Waals surface area contributed by atoms with Gasteiger partial charge in [0.25, 0.3) is 0 Å². The zero-order valence-electron chi connectivity index (χ0n) is 16.3. The Hall–Kier alpha value is -1.59. The standard InChI is InChI=1S/C22H33N3O2/c26-20-18(9-10-22(20)11-15-27-16-12-22)17-23-21(25-13-5-2-6-14-25)24-19-7-3-1-4-8-19/h1,3-4,7-8,18,20,26H,2,5-6,9-17H2,(H,23,24). The van der Waals surface area contributed by atoms with Gasteiger partial charge in [-0.05, 0) is 57.1 Å². The molecule has 4 rings (SSSR count). The van der Waals surface area contributed by atoms with Crippen molar-refractivity contribution in [1.29, 1.82) is 0 Å². The van der Waals surface area contributed by atoms with Gasteiger partial charge in [-0.25, -0.2) is 0 Å². The van der Waals surface area contributed by atoms with Crippen molar-refractivity contribution in [2.45, 2.75) is 51.0 Å². The molecular formula is C22H33N3O2. The number of nitrogens with one attached hydrogen (secondary N) is 1. The Morgan fingerprint density at radius 2 is 1.85 bits per heavy atom. The van der Waals surface area contributed by atoms with Crippen LogP contribution in [0.15, 0.2) is 35.3 Å². The van der Waals surface area contributed by atoms with E-state index in [1.54, 1.807) is 0 Å². The molecule has 3 aliphatic rings. The Morgan fingerprint density at radius 3 is 2.59 bits per heavy atom. The van der Waals surface area contributed by atoms with Gasteiger partial charge in [-0.1, -0.05) is 18.2 Å². The van der Waals surface area contributed by atoms with Crippen LogP contribution in [-0.2, 0) is 4.74 Å². The highest BCUT2D eigenvalue weighted by molar-refractivity contribution is 5.93. The van der Waals surface area contributed by atoms with Crippen molar-refractivity contribution in [3.05, 3.63) is 30.3 Å². The zero-order chi connectivity index (χ0) is 18.5. The molecule has 0 radical (unpaired) electrons. The lowest BCUT2D eigenvalue weighted by molar-refractivity contribution is -0.0549. The molecule has 0 amide bonds. The number of benzene rings is 1. The molecule has 27 heavy (non-hydrogen) atoms. The van der Waals surface area contributed by atoms with Crippen LogP contribution in [0.2, 0.25) is 0 Å². The second-order valence-electron chi connectivity index (χ2n) is 8.42. The zero-order valence-corrected chi connectivity index (χ0v) is 16.3. The molecular weight excluding hydrogens is 338 g/mol. The summed E-state index contributed by atoms with van der Waals surface area (Å²) in [5, 5.41) is 14.6. The van der Waals surface area contributed by atoms with E-state index in [1.165, 1.54) is 19.3 Å². The van der Waals surface area contributed by atoms with Crippen LogP contribution < -0.4 is 5.32 Å². The summed E-state index contributed by atoms with van der Waals surface area (Å²) in [5.41, 5.74) is 1.16. The quantitative estimate of drug-likeness (QED) is 0.631. The number of rotatable bonds is 3. The fourth-order valence-electron chi connectivity index (χ4n) is 4.97. The molecule has 148 valence electrons. The molecule has 3 fully saturated rings. The van der Waals surface area contributed by atoms with E-state index in [2.05, 4.69) is 22.3 Å². The molecule has 2 saturated heterocycles. The summed E-state index contributed by atoms with van der Waals surface area (Å²) in [6.45, 7) is 4.42. The lowest BCUT2D eigenvalue weighted by Crippen LogP contribution is -2.41. The lowest BCUT2D eigenvalue weighted by Gasteiger charge is -2.37. The van der Waals surface area contributed by atoms with Gasteiger partial charge in [-0.15, -0.1) is 0 Å². The third-order valence-electron chi connectivity index (χ3n) is 6.74. The first-order chi connectivity index (χ1) is 13.3. The summed E-state index contributed by atoms with van der Waals surface area (Å²) in [6.07, 6.45) is 7.69. The molecule has 1 aromatic carbocycles.